The molecule has 0 saturated carbocycles. The van der Waals surface area contributed by atoms with Crippen molar-refractivity contribution in [2.75, 3.05) is 26.2 Å². The number of carbonyl (C=O) groups is 1. The van der Waals surface area contributed by atoms with E-state index >= 15 is 0 Å². The van der Waals surface area contributed by atoms with Gasteiger partial charge in [0.05, 0.1) is 4.92 Å². The number of hydrogen-bond donors (Lipinski definition) is 0. The number of nitro benzene ring substituents is 1. The summed E-state index contributed by atoms with van der Waals surface area (Å²) in [6.07, 6.45) is 0. The molecule has 6 nitrogen and oxygen atoms in total. The topological polar surface area (TPSA) is 66.7 Å². The zero-order chi connectivity index (χ0) is 17.8. The van der Waals surface area contributed by atoms with Crippen molar-refractivity contribution < 1.29 is 14.1 Å². The first-order valence-electron chi connectivity index (χ1n) is 8.03. The van der Waals surface area contributed by atoms with Crippen molar-refractivity contribution in [3.05, 3.63) is 75.6 Å². The van der Waals surface area contributed by atoms with Gasteiger partial charge in [0, 0.05) is 50.4 Å². The molecule has 0 aliphatic carbocycles. The number of rotatable bonds is 4. The lowest BCUT2D eigenvalue weighted by molar-refractivity contribution is -0.384. The van der Waals surface area contributed by atoms with Crippen LogP contribution in [0.3, 0.4) is 0 Å². The fourth-order valence-electron chi connectivity index (χ4n) is 2.91. The molecule has 2 aromatic rings. The zero-order valence-electron chi connectivity index (χ0n) is 13.6. The maximum absolute atomic E-state index is 13.2. The molecule has 130 valence electrons. The first kappa shape index (κ1) is 17.0. The first-order valence-corrected chi connectivity index (χ1v) is 8.03. The predicted molar refractivity (Wildman–Crippen MR) is 90.7 cm³/mol. The van der Waals surface area contributed by atoms with Crippen LogP contribution in [0.1, 0.15) is 15.9 Å². The Morgan fingerprint density at radius 1 is 1.08 bits per heavy atom. The third-order valence-corrected chi connectivity index (χ3v) is 4.28. The molecule has 7 heteroatoms. The molecule has 1 heterocycles. The van der Waals surface area contributed by atoms with E-state index < -0.39 is 4.92 Å². The number of benzene rings is 2. The van der Waals surface area contributed by atoms with Crippen LogP contribution < -0.4 is 0 Å². The van der Waals surface area contributed by atoms with E-state index in [1.54, 1.807) is 11.0 Å². The standard InChI is InChI=1S/C18H18FN3O3/c19-16-3-1-2-14(12-16)13-20-8-10-21(11-9-20)18(23)15-4-6-17(7-5-15)22(24)25/h1-7,12H,8-11,13H2. The van der Waals surface area contributed by atoms with Crippen LogP contribution in [0.4, 0.5) is 10.1 Å². The fourth-order valence-corrected chi connectivity index (χ4v) is 2.91. The molecule has 0 radical (unpaired) electrons. The lowest BCUT2D eigenvalue weighted by atomic mass is 10.1. The van der Waals surface area contributed by atoms with E-state index in [0.29, 0.717) is 38.3 Å². The van der Waals surface area contributed by atoms with Gasteiger partial charge in [-0.25, -0.2) is 4.39 Å². The van der Waals surface area contributed by atoms with E-state index in [-0.39, 0.29) is 17.4 Å². The smallest absolute Gasteiger partial charge is 0.269 e. The van der Waals surface area contributed by atoms with Gasteiger partial charge in [-0.1, -0.05) is 12.1 Å². The summed E-state index contributed by atoms with van der Waals surface area (Å²) in [7, 11) is 0. The zero-order valence-corrected chi connectivity index (χ0v) is 13.6. The lowest BCUT2D eigenvalue weighted by Crippen LogP contribution is -2.48. The minimum absolute atomic E-state index is 0.0311. The molecule has 3 rings (SSSR count). The van der Waals surface area contributed by atoms with Gasteiger partial charge in [0.25, 0.3) is 11.6 Å². The Kier molecular flexibility index (Phi) is 5.04. The summed E-state index contributed by atoms with van der Waals surface area (Å²) in [5.41, 5.74) is 1.33. The Labute approximate surface area is 144 Å². The molecule has 2 aromatic carbocycles. The quantitative estimate of drug-likeness (QED) is 0.632. The molecule has 0 spiro atoms. The molecular formula is C18H18FN3O3. The van der Waals surface area contributed by atoms with Gasteiger partial charge in [-0.15, -0.1) is 0 Å². The molecule has 0 aromatic heterocycles. The van der Waals surface area contributed by atoms with Crippen molar-refractivity contribution in [3.8, 4) is 0 Å². The minimum Gasteiger partial charge on any atom is -0.336 e. The molecule has 1 saturated heterocycles. The number of non-ortho nitro benzene ring substituents is 1. The Balaban J connectivity index is 1.56. The molecule has 1 fully saturated rings. The van der Waals surface area contributed by atoms with Crippen LogP contribution in [-0.4, -0.2) is 46.8 Å². The highest BCUT2D eigenvalue weighted by Crippen LogP contribution is 2.15. The highest BCUT2D eigenvalue weighted by atomic mass is 19.1. The monoisotopic (exact) mass is 343 g/mol. The maximum Gasteiger partial charge on any atom is 0.269 e. The van der Waals surface area contributed by atoms with Crippen molar-refractivity contribution in [2.24, 2.45) is 0 Å². The Hall–Kier alpha value is -2.80. The molecule has 1 aliphatic heterocycles. The maximum atomic E-state index is 13.2. The van der Waals surface area contributed by atoms with Gasteiger partial charge in [-0.05, 0) is 29.8 Å². The van der Waals surface area contributed by atoms with E-state index in [0.717, 1.165) is 5.56 Å². The summed E-state index contributed by atoms with van der Waals surface area (Å²) in [4.78, 5) is 26.6. The number of hydrogen-bond acceptors (Lipinski definition) is 4. The van der Waals surface area contributed by atoms with Crippen LogP contribution in [0.15, 0.2) is 48.5 Å². The van der Waals surface area contributed by atoms with Crippen LogP contribution in [0.25, 0.3) is 0 Å². The molecule has 0 unspecified atom stereocenters. The average molecular weight is 343 g/mol. The number of halogens is 1. The number of piperazine rings is 1. The third kappa shape index (κ3) is 4.19. The van der Waals surface area contributed by atoms with Crippen LogP contribution in [0, 0.1) is 15.9 Å². The normalized spacial score (nSPS) is 15.2. The summed E-state index contributed by atoms with van der Waals surface area (Å²) in [6, 6.07) is 12.2. The summed E-state index contributed by atoms with van der Waals surface area (Å²) in [5, 5.41) is 10.7. The number of carbonyl (C=O) groups excluding carboxylic acids is 1. The molecule has 0 bridgehead atoms. The third-order valence-electron chi connectivity index (χ3n) is 4.28. The van der Waals surface area contributed by atoms with Gasteiger partial charge in [-0.2, -0.15) is 0 Å². The largest absolute Gasteiger partial charge is 0.336 e. The molecule has 25 heavy (non-hydrogen) atoms. The number of nitro groups is 1. The van der Waals surface area contributed by atoms with Crippen molar-refractivity contribution in [1.29, 1.82) is 0 Å². The van der Waals surface area contributed by atoms with Crippen LogP contribution in [0.2, 0.25) is 0 Å². The molecule has 1 aliphatic rings. The minimum atomic E-state index is -0.487. The molecular weight excluding hydrogens is 325 g/mol. The highest BCUT2D eigenvalue weighted by molar-refractivity contribution is 5.94. The number of amides is 1. The van der Waals surface area contributed by atoms with Gasteiger partial charge in [-0.3, -0.25) is 19.8 Å². The second kappa shape index (κ2) is 7.40. The predicted octanol–water partition coefficient (Wildman–Crippen LogP) is 2.69. The van der Waals surface area contributed by atoms with Crippen molar-refractivity contribution in [2.45, 2.75) is 6.54 Å². The van der Waals surface area contributed by atoms with Gasteiger partial charge in [0.2, 0.25) is 0 Å². The van der Waals surface area contributed by atoms with Crippen LogP contribution in [-0.2, 0) is 6.54 Å². The van der Waals surface area contributed by atoms with Crippen molar-refractivity contribution >= 4 is 11.6 Å². The van der Waals surface area contributed by atoms with Crippen LogP contribution >= 0.6 is 0 Å². The van der Waals surface area contributed by atoms with E-state index in [1.165, 1.54) is 36.4 Å². The van der Waals surface area contributed by atoms with Gasteiger partial charge < -0.3 is 4.90 Å². The second-order valence-electron chi connectivity index (χ2n) is 6.00. The van der Waals surface area contributed by atoms with Gasteiger partial charge >= 0.3 is 0 Å². The van der Waals surface area contributed by atoms with E-state index in [1.807, 2.05) is 6.07 Å². The van der Waals surface area contributed by atoms with E-state index in [9.17, 15) is 19.3 Å². The lowest BCUT2D eigenvalue weighted by Gasteiger charge is -2.34. The van der Waals surface area contributed by atoms with Gasteiger partial charge in [0.1, 0.15) is 5.82 Å². The summed E-state index contributed by atoms with van der Waals surface area (Å²) < 4.78 is 13.2. The Morgan fingerprint density at radius 2 is 1.76 bits per heavy atom. The van der Waals surface area contributed by atoms with E-state index in [4.69, 9.17) is 0 Å². The summed E-state index contributed by atoms with van der Waals surface area (Å²) >= 11 is 0. The SMILES string of the molecule is O=C(c1ccc([N+](=O)[O-])cc1)N1CCN(Cc2cccc(F)c2)CC1. The molecule has 0 N–H and O–H groups in total. The Morgan fingerprint density at radius 3 is 2.36 bits per heavy atom. The van der Waals surface area contributed by atoms with Crippen molar-refractivity contribution in [3.63, 3.8) is 0 Å². The van der Waals surface area contributed by atoms with E-state index in [2.05, 4.69) is 4.90 Å². The summed E-state index contributed by atoms with van der Waals surface area (Å²) in [6.45, 7) is 3.21. The number of nitrogens with zero attached hydrogens (tertiary/aromatic N) is 3. The second-order valence-corrected chi connectivity index (χ2v) is 6.00. The average Bonchev–Trinajstić information content (AvgIpc) is 2.62. The van der Waals surface area contributed by atoms with Crippen molar-refractivity contribution in [1.82, 2.24) is 9.80 Å². The first-order chi connectivity index (χ1) is 12.0. The van der Waals surface area contributed by atoms with Crippen LogP contribution in [0.5, 0.6) is 0 Å². The highest BCUT2D eigenvalue weighted by Gasteiger charge is 2.22. The Bertz CT molecular complexity index is 771. The summed E-state index contributed by atoms with van der Waals surface area (Å²) in [5.74, 6) is -0.371. The molecule has 0 atom stereocenters. The fraction of sp³-hybridized carbons (Fsp3) is 0.278. The van der Waals surface area contributed by atoms with Gasteiger partial charge in [0.15, 0.2) is 0 Å². The molecule has 1 amide bonds.